The van der Waals surface area contributed by atoms with E-state index in [0.29, 0.717) is 19.6 Å². The summed E-state index contributed by atoms with van der Waals surface area (Å²) >= 11 is 0. The Bertz CT molecular complexity index is 913. The standard InChI is InChI=1S/C24H29N3O3/c1-28-22-11-5-9-20(15-22)16-27-13-6-10-21(17-27)24-25-23(26-30-24)12-14-29-18-19-7-3-2-4-8-19/h2-5,7-9,11,15,21H,6,10,12-14,16-18H2,1H3. The van der Waals surface area contributed by atoms with Crippen LogP contribution in [0.15, 0.2) is 59.1 Å². The lowest BCUT2D eigenvalue weighted by Gasteiger charge is -2.31. The predicted octanol–water partition coefficient (Wildman–Crippen LogP) is 4.22. The first kappa shape index (κ1) is 20.6. The molecule has 2 aromatic carbocycles. The fourth-order valence-corrected chi connectivity index (χ4v) is 3.89. The van der Waals surface area contributed by atoms with Crippen LogP contribution in [-0.2, 0) is 24.3 Å². The van der Waals surface area contributed by atoms with Gasteiger partial charge < -0.3 is 14.0 Å². The summed E-state index contributed by atoms with van der Waals surface area (Å²) < 4.78 is 16.7. The SMILES string of the molecule is COc1cccc(CN2CCCC(c3nc(CCOCc4ccccc4)no3)C2)c1. The van der Waals surface area contributed by atoms with Crippen LogP contribution in [0.2, 0.25) is 0 Å². The van der Waals surface area contributed by atoms with Crippen LogP contribution in [0.4, 0.5) is 0 Å². The molecule has 0 saturated carbocycles. The van der Waals surface area contributed by atoms with E-state index in [1.807, 2.05) is 30.3 Å². The number of rotatable bonds is 9. The lowest BCUT2D eigenvalue weighted by Crippen LogP contribution is -2.34. The van der Waals surface area contributed by atoms with Gasteiger partial charge in [-0.3, -0.25) is 4.90 Å². The molecule has 4 rings (SSSR count). The molecule has 1 aromatic heterocycles. The summed E-state index contributed by atoms with van der Waals surface area (Å²) in [5.41, 5.74) is 2.43. The molecule has 0 spiro atoms. The number of likely N-dealkylation sites (tertiary alicyclic amines) is 1. The molecule has 3 aromatic rings. The smallest absolute Gasteiger partial charge is 0.231 e. The first-order chi connectivity index (χ1) is 14.8. The van der Waals surface area contributed by atoms with E-state index in [4.69, 9.17) is 14.0 Å². The molecule has 0 radical (unpaired) electrons. The van der Waals surface area contributed by atoms with Gasteiger partial charge in [0.25, 0.3) is 0 Å². The zero-order valence-corrected chi connectivity index (χ0v) is 17.5. The molecule has 6 nitrogen and oxygen atoms in total. The van der Waals surface area contributed by atoms with Gasteiger partial charge in [0.05, 0.1) is 26.2 Å². The Hall–Kier alpha value is -2.70. The van der Waals surface area contributed by atoms with Crippen LogP contribution in [0.1, 0.15) is 41.6 Å². The first-order valence-electron chi connectivity index (χ1n) is 10.6. The third-order valence-corrected chi connectivity index (χ3v) is 5.46. The minimum Gasteiger partial charge on any atom is -0.497 e. The summed E-state index contributed by atoms with van der Waals surface area (Å²) in [6, 6.07) is 18.4. The van der Waals surface area contributed by atoms with Gasteiger partial charge in [-0.15, -0.1) is 0 Å². The molecule has 6 heteroatoms. The monoisotopic (exact) mass is 407 g/mol. The van der Waals surface area contributed by atoms with Crippen molar-refractivity contribution in [1.29, 1.82) is 0 Å². The fourth-order valence-electron chi connectivity index (χ4n) is 3.89. The van der Waals surface area contributed by atoms with E-state index in [1.165, 1.54) is 11.1 Å². The molecule has 1 aliphatic rings. The summed E-state index contributed by atoms with van der Waals surface area (Å²) in [5, 5.41) is 4.17. The molecule has 158 valence electrons. The molecule has 2 heterocycles. The van der Waals surface area contributed by atoms with E-state index in [9.17, 15) is 0 Å². The summed E-state index contributed by atoms with van der Waals surface area (Å²) in [7, 11) is 1.70. The van der Waals surface area contributed by atoms with Crippen molar-refractivity contribution in [3.8, 4) is 5.75 Å². The number of aromatic nitrogens is 2. The van der Waals surface area contributed by atoms with Gasteiger partial charge in [0.2, 0.25) is 5.89 Å². The quantitative estimate of drug-likeness (QED) is 0.495. The number of hydrogen-bond acceptors (Lipinski definition) is 6. The van der Waals surface area contributed by atoms with Crippen LogP contribution in [0, 0.1) is 0 Å². The van der Waals surface area contributed by atoms with Gasteiger partial charge >= 0.3 is 0 Å². The molecule has 0 N–H and O–H groups in total. The van der Waals surface area contributed by atoms with E-state index in [1.54, 1.807) is 7.11 Å². The Morgan fingerprint density at radius 3 is 2.83 bits per heavy atom. The third-order valence-electron chi connectivity index (χ3n) is 5.46. The minimum absolute atomic E-state index is 0.288. The Balaban J connectivity index is 1.26. The second kappa shape index (κ2) is 10.4. The average molecular weight is 408 g/mol. The summed E-state index contributed by atoms with van der Waals surface area (Å²) in [6.45, 7) is 4.11. The normalized spacial score (nSPS) is 17.2. The zero-order valence-electron chi connectivity index (χ0n) is 17.5. The third kappa shape index (κ3) is 5.68. The Kier molecular flexibility index (Phi) is 7.11. The molecule has 0 aliphatic carbocycles. The summed E-state index contributed by atoms with van der Waals surface area (Å²) in [4.78, 5) is 7.10. The predicted molar refractivity (Wildman–Crippen MR) is 114 cm³/mol. The molecular weight excluding hydrogens is 378 g/mol. The maximum absolute atomic E-state index is 5.74. The van der Waals surface area contributed by atoms with Crippen LogP contribution in [0.25, 0.3) is 0 Å². The lowest BCUT2D eigenvalue weighted by atomic mass is 9.97. The highest BCUT2D eigenvalue weighted by Gasteiger charge is 2.26. The lowest BCUT2D eigenvalue weighted by molar-refractivity contribution is 0.122. The van der Waals surface area contributed by atoms with Crippen LogP contribution in [-0.4, -0.2) is 41.8 Å². The van der Waals surface area contributed by atoms with Crippen LogP contribution in [0.5, 0.6) is 5.75 Å². The minimum atomic E-state index is 0.288. The average Bonchev–Trinajstić information content (AvgIpc) is 3.27. The van der Waals surface area contributed by atoms with Crippen molar-refractivity contribution >= 4 is 0 Å². The second-order valence-electron chi connectivity index (χ2n) is 7.76. The maximum atomic E-state index is 5.74. The molecule has 30 heavy (non-hydrogen) atoms. The van der Waals surface area contributed by atoms with Crippen molar-refractivity contribution in [3.63, 3.8) is 0 Å². The molecule has 1 unspecified atom stereocenters. The Labute approximate surface area is 177 Å². The largest absolute Gasteiger partial charge is 0.497 e. The fraction of sp³-hybridized carbons (Fsp3) is 0.417. The number of hydrogen-bond donors (Lipinski definition) is 0. The van der Waals surface area contributed by atoms with E-state index >= 15 is 0 Å². The number of piperidine rings is 1. The van der Waals surface area contributed by atoms with Crippen molar-refractivity contribution in [2.45, 2.75) is 38.3 Å². The first-order valence-corrected chi connectivity index (χ1v) is 10.6. The van der Waals surface area contributed by atoms with Gasteiger partial charge in [0.15, 0.2) is 5.82 Å². The van der Waals surface area contributed by atoms with Gasteiger partial charge in [-0.25, -0.2) is 0 Å². The zero-order chi connectivity index (χ0) is 20.6. The van der Waals surface area contributed by atoms with Crippen molar-refractivity contribution in [1.82, 2.24) is 15.0 Å². The van der Waals surface area contributed by atoms with Gasteiger partial charge in [-0.1, -0.05) is 47.6 Å². The molecule has 1 aliphatic heterocycles. The van der Waals surface area contributed by atoms with Crippen molar-refractivity contribution in [2.24, 2.45) is 0 Å². The maximum Gasteiger partial charge on any atom is 0.231 e. The number of methoxy groups -OCH3 is 1. The van der Waals surface area contributed by atoms with Crippen LogP contribution in [0.3, 0.4) is 0 Å². The van der Waals surface area contributed by atoms with Gasteiger partial charge in [-0.2, -0.15) is 4.98 Å². The van der Waals surface area contributed by atoms with Gasteiger partial charge in [0.1, 0.15) is 5.75 Å². The molecule has 1 fully saturated rings. The van der Waals surface area contributed by atoms with E-state index < -0.39 is 0 Å². The summed E-state index contributed by atoms with van der Waals surface area (Å²) in [5.74, 6) is 2.67. The van der Waals surface area contributed by atoms with Crippen LogP contribution >= 0.6 is 0 Å². The van der Waals surface area contributed by atoms with E-state index in [2.05, 4.69) is 39.3 Å². The van der Waals surface area contributed by atoms with Gasteiger partial charge in [-0.05, 0) is 42.6 Å². The second-order valence-corrected chi connectivity index (χ2v) is 7.76. The molecule has 0 amide bonds. The molecular formula is C24H29N3O3. The van der Waals surface area contributed by atoms with Crippen molar-refractivity contribution < 1.29 is 14.0 Å². The highest BCUT2D eigenvalue weighted by Crippen LogP contribution is 2.27. The Morgan fingerprint density at radius 1 is 1.10 bits per heavy atom. The summed E-state index contributed by atoms with van der Waals surface area (Å²) in [6.07, 6.45) is 2.88. The highest BCUT2D eigenvalue weighted by molar-refractivity contribution is 5.28. The molecule has 1 atom stereocenters. The number of nitrogens with zero attached hydrogens (tertiary/aromatic N) is 3. The van der Waals surface area contributed by atoms with E-state index in [0.717, 1.165) is 49.9 Å². The topological polar surface area (TPSA) is 60.6 Å². The van der Waals surface area contributed by atoms with Crippen molar-refractivity contribution in [2.75, 3.05) is 26.8 Å². The number of benzene rings is 2. The van der Waals surface area contributed by atoms with Crippen molar-refractivity contribution in [3.05, 3.63) is 77.4 Å². The highest BCUT2D eigenvalue weighted by atomic mass is 16.5. The Morgan fingerprint density at radius 2 is 1.97 bits per heavy atom. The van der Waals surface area contributed by atoms with Crippen LogP contribution < -0.4 is 4.74 Å². The molecule has 0 bridgehead atoms. The van der Waals surface area contributed by atoms with E-state index in [-0.39, 0.29) is 5.92 Å². The number of ether oxygens (including phenoxy) is 2. The molecule has 1 saturated heterocycles. The van der Waals surface area contributed by atoms with Gasteiger partial charge in [0, 0.05) is 19.5 Å².